The van der Waals surface area contributed by atoms with Gasteiger partial charge in [0.25, 0.3) is 0 Å². The Bertz CT molecular complexity index is 433. The van der Waals surface area contributed by atoms with Gasteiger partial charge in [-0.05, 0) is 25.3 Å². The van der Waals surface area contributed by atoms with Crippen LogP contribution in [0.1, 0.15) is 25.3 Å². The molecule has 1 aromatic rings. The monoisotopic (exact) mass is 303 g/mol. The third-order valence-electron chi connectivity index (χ3n) is 4.68. The summed E-state index contributed by atoms with van der Waals surface area (Å²) < 4.78 is 5.54. The van der Waals surface area contributed by atoms with E-state index in [0.717, 1.165) is 39.3 Å². The predicted octanol–water partition coefficient (Wildman–Crippen LogP) is 1.62. The summed E-state index contributed by atoms with van der Waals surface area (Å²) in [5.74, 6) is 0. The third-order valence-corrected chi connectivity index (χ3v) is 4.68. The van der Waals surface area contributed by atoms with Gasteiger partial charge in [-0.25, -0.2) is 0 Å². The molecule has 122 valence electrons. The van der Waals surface area contributed by atoms with Gasteiger partial charge in [-0.2, -0.15) is 0 Å². The number of benzene rings is 1. The van der Waals surface area contributed by atoms with Crippen LogP contribution in [0.15, 0.2) is 30.3 Å². The van der Waals surface area contributed by atoms with Gasteiger partial charge >= 0.3 is 0 Å². The highest BCUT2D eigenvalue weighted by molar-refractivity contribution is 5.14. The van der Waals surface area contributed by atoms with Crippen molar-refractivity contribution in [2.45, 2.75) is 44.4 Å². The van der Waals surface area contributed by atoms with Crippen molar-refractivity contribution >= 4 is 0 Å². The number of nitrogens with zero attached hydrogens (tertiary/aromatic N) is 1. The molecule has 0 radical (unpaired) electrons. The SMILES string of the molecule is CC(CC1COCCN1)NC1CCN(Cc2ccccc2)C1. The van der Waals surface area contributed by atoms with Gasteiger partial charge in [-0.3, -0.25) is 4.90 Å². The normalized spacial score (nSPS) is 27.9. The number of nitrogens with one attached hydrogen (secondary N) is 2. The zero-order valence-electron chi connectivity index (χ0n) is 13.6. The molecule has 3 unspecified atom stereocenters. The van der Waals surface area contributed by atoms with E-state index in [2.05, 4.69) is 52.8 Å². The molecule has 0 amide bonds. The molecule has 0 saturated carbocycles. The molecule has 3 rings (SSSR count). The summed E-state index contributed by atoms with van der Waals surface area (Å²) in [6.07, 6.45) is 2.40. The van der Waals surface area contributed by atoms with E-state index in [-0.39, 0.29) is 0 Å². The zero-order valence-corrected chi connectivity index (χ0v) is 13.6. The topological polar surface area (TPSA) is 36.5 Å². The van der Waals surface area contributed by atoms with Crippen molar-refractivity contribution in [2.24, 2.45) is 0 Å². The minimum Gasteiger partial charge on any atom is -0.379 e. The third kappa shape index (κ3) is 4.78. The first kappa shape index (κ1) is 15.9. The highest BCUT2D eigenvalue weighted by atomic mass is 16.5. The van der Waals surface area contributed by atoms with Crippen LogP contribution in [0.5, 0.6) is 0 Å². The molecule has 4 heteroatoms. The molecule has 2 heterocycles. The number of ether oxygens (including phenoxy) is 1. The molecule has 0 aromatic heterocycles. The summed E-state index contributed by atoms with van der Waals surface area (Å²) >= 11 is 0. The van der Waals surface area contributed by atoms with E-state index in [1.807, 2.05) is 0 Å². The lowest BCUT2D eigenvalue weighted by molar-refractivity contribution is 0.0708. The van der Waals surface area contributed by atoms with Crippen LogP contribution < -0.4 is 10.6 Å². The van der Waals surface area contributed by atoms with Gasteiger partial charge in [0.15, 0.2) is 0 Å². The van der Waals surface area contributed by atoms with Crippen LogP contribution in [0, 0.1) is 0 Å². The first-order chi connectivity index (χ1) is 10.8. The van der Waals surface area contributed by atoms with Crippen molar-refractivity contribution in [1.29, 1.82) is 0 Å². The fourth-order valence-corrected chi connectivity index (χ4v) is 3.62. The van der Waals surface area contributed by atoms with Crippen molar-refractivity contribution in [2.75, 3.05) is 32.8 Å². The van der Waals surface area contributed by atoms with Crippen LogP contribution >= 0.6 is 0 Å². The standard InChI is InChI=1S/C18H29N3O/c1-15(11-18-14-22-10-8-19-18)20-17-7-9-21(13-17)12-16-5-3-2-4-6-16/h2-6,15,17-20H,7-14H2,1H3. The van der Waals surface area contributed by atoms with E-state index in [9.17, 15) is 0 Å². The first-order valence-corrected chi connectivity index (χ1v) is 8.63. The number of rotatable bonds is 6. The van der Waals surface area contributed by atoms with Gasteiger partial charge in [0, 0.05) is 44.3 Å². The Balaban J connectivity index is 1.38. The van der Waals surface area contributed by atoms with Gasteiger partial charge < -0.3 is 15.4 Å². The maximum absolute atomic E-state index is 5.54. The second kappa shape index (κ2) is 8.06. The Kier molecular flexibility index (Phi) is 5.84. The second-order valence-corrected chi connectivity index (χ2v) is 6.74. The molecule has 1 aromatic carbocycles. The van der Waals surface area contributed by atoms with Crippen LogP contribution in [-0.2, 0) is 11.3 Å². The van der Waals surface area contributed by atoms with Crippen LogP contribution in [0.4, 0.5) is 0 Å². The highest BCUT2D eigenvalue weighted by Crippen LogP contribution is 2.15. The molecule has 0 spiro atoms. The molecule has 3 atom stereocenters. The smallest absolute Gasteiger partial charge is 0.0620 e. The average molecular weight is 303 g/mol. The quantitative estimate of drug-likeness (QED) is 0.837. The van der Waals surface area contributed by atoms with Crippen molar-refractivity contribution in [3.05, 3.63) is 35.9 Å². The largest absolute Gasteiger partial charge is 0.379 e. The molecule has 2 fully saturated rings. The van der Waals surface area contributed by atoms with E-state index in [1.165, 1.54) is 18.5 Å². The lowest BCUT2D eigenvalue weighted by atomic mass is 10.1. The maximum atomic E-state index is 5.54. The Morgan fingerprint density at radius 3 is 3.00 bits per heavy atom. The molecule has 0 bridgehead atoms. The van der Waals surface area contributed by atoms with Crippen molar-refractivity contribution in [3.8, 4) is 0 Å². The molecule has 0 aliphatic carbocycles. The Morgan fingerprint density at radius 2 is 2.23 bits per heavy atom. The minimum absolute atomic E-state index is 0.512. The van der Waals surface area contributed by atoms with Gasteiger partial charge in [0.2, 0.25) is 0 Å². The Hall–Kier alpha value is -0.940. The fraction of sp³-hybridized carbons (Fsp3) is 0.667. The predicted molar refractivity (Wildman–Crippen MR) is 89.9 cm³/mol. The fourth-order valence-electron chi connectivity index (χ4n) is 3.62. The lowest BCUT2D eigenvalue weighted by Gasteiger charge is -2.28. The van der Waals surface area contributed by atoms with Crippen molar-refractivity contribution < 1.29 is 4.74 Å². The van der Waals surface area contributed by atoms with E-state index in [4.69, 9.17) is 4.74 Å². The number of hydrogen-bond acceptors (Lipinski definition) is 4. The molecule has 2 aliphatic heterocycles. The van der Waals surface area contributed by atoms with E-state index in [1.54, 1.807) is 0 Å². The van der Waals surface area contributed by atoms with Gasteiger partial charge in [0.05, 0.1) is 13.2 Å². The molecule has 2 aliphatic rings. The van der Waals surface area contributed by atoms with Crippen molar-refractivity contribution in [1.82, 2.24) is 15.5 Å². The first-order valence-electron chi connectivity index (χ1n) is 8.63. The lowest BCUT2D eigenvalue weighted by Crippen LogP contribution is -2.47. The van der Waals surface area contributed by atoms with Crippen LogP contribution in [-0.4, -0.2) is 55.9 Å². The zero-order chi connectivity index (χ0) is 15.2. The molecule has 2 N–H and O–H groups in total. The summed E-state index contributed by atoms with van der Waals surface area (Å²) in [6, 6.07) is 12.5. The van der Waals surface area contributed by atoms with Gasteiger partial charge in [0.1, 0.15) is 0 Å². The van der Waals surface area contributed by atoms with Crippen molar-refractivity contribution in [3.63, 3.8) is 0 Å². The number of morpholine rings is 1. The van der Waals surface area contributed by atoms with E-state index >= 15 is 0 Å². The second-order valence-electron chi connectivity index (χ2n) is 6.74. The van der Waals surface area contributed by atoms with Crippen LogP contribution in [0.2, 0.25) is 0 Å². The van der Waals surface area contributed by atoms with Gasteiger partial charge in [-0.15, -0.1) is 0 Å². The highest BCUT2D eigenvalue weighted by Gasteiger charge is 2.24. The summed E-state index contributed by atoms with van der Waals surface area (Å²) in [5.41, 5.74) is 1.42. The molecular weight excluding hydrogens is 274 g/mol. The summed E-state index contributed by atoms with van der Waals surface area (Å²) in [7, 11) is 0. The molecule has 22 heavy (non-hydrogen) atoms. The minimum atomic E-state index is 0.512. The van der Waals surface area contributed by atoms with Crippen LogP contribution in [0.3, 0.4) is 0 Å². The summed E-state index contributed by atoms with van der Waals surface area (Å²) in [6.45, 7) is 8.44. The molecule has 4 nitrogen and oxygen atoms in total. The average Bonchev–Trinajstić information content (AvgIpc) is 2.96. The maximum Gasteiger partial charge on any atom is 0.0620 e. The van der Waals surface area contributed by atoms with E-state index in [0.29, 0.717) is 18.1 Å². The number of hydrogen-bond donors (Lipinski definition) is 2. The Morgan fingerprint density at radius 1 is 1.36 bits per heavy atom. The summed E-state index contributed by atoms with van der Waals surface area (Å²) in [5, 5.41) is 7.35. The van der Waals surface area contributed by atoms with Gasteiger partial charge in [-0.1, -0.05) is 30.3 Å². The molecular formula is C18H29N3O. The number of likely N-dealkylation sites (tertiary alicyclic amines) is 1. The summed E-state index contributed by atoms with van der Waals surface area (Å²) in [4.78, 5) is 2.56. The Labute approximate surface area is 134 Å². The van der Waals surface area contributed by atoms with E-state index < -0.39 is 0 Å². The molecule has 2 saturated heterocycles. The van der Waals surface area contributed by atoms with Crippen LogP contribution in [0.25, 0.3) is 0 Å².